The molecule has 3 aromatic rings. The fourth-order valence-corrected chi connectivity index (χ4v) is 5.22. The summed E-state index contributed by atoms with van der Waals surface area (Å²) in [4.78, 5) is 58.0. The van der Waals surface area contributed by atoms with Gasteiger partial charge in [0.1, 0.15) is 18.8 Å². The lowest BCUT2D eigenvalue weighted by atomic mass is 9.77. The highest BCUT2D eigenvalue weighted by Crippen LogP contribution is 2.48. The second-order valence-electron chi connectivity index (χ2n) is 10.4. The van der Waals surface area contributed by atoms with Gasteiger partial charge in [0.2, 0.25) is 17.7 Å². The number of halogens is 3. The minimum Gasteiger partial charge on any atom is -0.342 e. The highest BCUT2D eigenvalue weighted by molar-refractivity contribution is 5.88. The summed E-state index contributed by atoms with van der Waals surface area (Å²) in [5, 5.41) is 2.88. The number of carbonyl (C=O) groups is 2. The van der Waals surface area contributed by atoms with E-state index in [0.717, 1.165) is 9.47 Å². The number of nitrogens with zero attached hydrogens (tertiary/aromatic N) is 3. The summed E-state index contributed by atoms with van der Waals surface area (Å²) >= 11 is 0. The van der Waals surface area contributed by atoms with Crippen LogP contribution >= 0.6 is 0 Å². The molecule has 2 aliphatic rings. The highest BCUT2D eigenvalue weighted by Gasteiger charge is 2.46. The van der Waals surface area contributed by atoms with E-state index in [-0.39, 0.29) is 37.3 Å². The maximum atomic E-state index is 14.5. The van der Waals surface area contributed by atoms with Gasteiger partial charge in [-0.05, 0) is 30.0 Å². The van der Waals surface area contributed by atoms with Crippen LogP contribution in [0.15, 0.2) is 64.4 Å². The standard InChI is InChI=1S/C28H28F3N5O4/c1-16-13-35(27(40)34-25(16)38)15-23(37)36-14-20(29)9-22(36)26(39)33-24(17-5-3-2-4-6-17)21-8-7-18(12-32-21)19-10-28(30,31)11-19/h2-8,12-13,19-20,22,24H,9-11,14-15H2,1H3,(H,33,39)(H,34,38,40). The van der Waals surface area contributed by atoms with Crippen LogP contribution in [-0.4, -0.2) is 55.9 Å². The van der Waals surface area contributed by atoms with Gasteiger partial charge in [-0.3, -0.25) is 28.9 Å². The van der Waals surface area contributed by atoms with Crippen molar-refractivity contribution in [2.75, 3.05) is 6.54 Å². The lowest BCUT2D eigenvalue weighted by Gasteiger charge is -2.35. The molecule has 3 unspecified atom stereocenters. The van der Waals surface area contributed by atoms with Crippen molar-refractivity contribution >= 4 is 11.8 Å². The Morgan fingerprint density at radius 2 is 1.88 bits per heavy atom. The van der Waals surface area contributed by atoms with Gasteiger partial charge in [0.25, 0.3) is 5.56 Å². The maximum Gasteiger partial charge on any atom is 0.328 e. The summed E-state index contributed by atoms with van der Waals surface area (Å²) in [6, 6.07) is 10.5. The molecular weight excluding hydrogens is 527 g/mol. The summed E-state index contributed by atoms with van der Waals surface area (Å²) in [5.74, 6) is -4.19. The Hall–Kier alpha value is -4.22. The second-order valence-corrected chi connectivity index (χ2v) is 10.4. The third-order valence-corrected chi connectivity index (χ3v) is 7.45. The predicted octanol–water partition coefficient (Wildman–Crippen LogP) is 2.60. The van der Waals surface area contributed by atoms with Crippen molar-refractivity contribution in [3.8, 4) is 0 Å². The first-order valence-corrected chi connectivity index (χ1v) is 12.9. The number of rotatable bonds is 7. The number of aromatic nitrogens is 3. The zero-order chi connectivity index (χ0) is 28.6. The topological polar surface area (TPSA) is 117 Å². The fourth-order valence-electron chi connectivity index (χ4n) is 5.22. The van der Waals surface area contributed by atoms with Crippen molar-refractivity contribution in [2.24, 2.45) is 0 Å². The molecule has 3 atom stereocenters. The number of pyridine rings is 1. The van der Waals surface area contributed by atoms with Crippen LogP contribution < -0.4 is 16.6 Å². The van der Waals surface area contributed by atoms with Gasteiger partial charge >= 0.3 is 5.69 Å². The van der Waals surface area contributed by atoms with Crippen molar-refractivity contribution in [3.05, 3.63) is 98.1 Å². The van der Waals surface area contributed by atoms with Gasteiger partial charge in [0, 0.05) is 37.2 Å². The Balaban J connectivity index is 1.35. The van der Waals surface area contributed by atoms with Gasteiger partial charge in [0.05, 0.1) is 18.3 Å². The van der Waals surface area contributed by atoms with E-state index < -0.39 is 53.8 Å². The van der Waals surface area contributed by atoms with Crippen molar-refractivity contribution in [3.63, 3.8) is 0 Å². The van der Waals surface area contributed by atoms with Gasteiger partial charge in [-0.2, -0.15) is 0 Å². The van der Waals surface area contributed by atoms with Crippen molar-refractivity contribution in [2.45, 2.75) is 62.8 Å². The van der Waals surface area contributed by atoms with E-state index in [2.05, 4.69) is 15.3 Å². The molecule has 210 valence electrons. The lowest BCUT2D eigenvalue weighted by molar-refractivity contribution is -0.139. The normalized spacial score (nSPS) is 21.1. The molecule has 12 heteroatoms. The van der Waals surface area contributed by atoms with E-state index in [1.54, 1.807) is 42.5 Å². The average molecular weight is 556 g/mol. The van der Waals surface area contributed by atoms with Crippen LogP contribution in [0, 0.1) is 6.92 Å². The van der Waals surface area contributed by atoms with Crippen LogP contribution in [0.2, 0.25) is 0 Å². The molecule has 40 heavy (non-hydrogen) atoms. The summed E-state index contributed by atoms with van der Waals surface area (Å²) in [7, 11) is 0. The Kier molecular flexibility index (Phi) is 7.35. The fraction of sp³-hybridized carbons (Fsp3) is 0.393. The smallest absolute Gasteiger partial charge is 0.328 e. The van der Waals surface area contributed by atoms with E-state index in [9.17, 15) is 32.3 Å². The lowest BCUT2D eigenvalue weighted by Crippen LogP contribution is -2.48. The molecular formula is C28H28F3N5O4. The first-order chi connectivity index (χ1) is 19.0. The van der Waals surface area contributed by atoms with E-state index >= 15 is 0 Å². The number of benzene rings is 1. The average Bonchev–Trinajstić information content (AvgIpc) is 3.31. The zero-order valence-electron chi connectivity index (χ0n) is 21.6. The molecule has 1 saturated heterocycles. The molecule has 1 aromatic carbocycles. The largest absolute Gasteiger partial charge is 0.342 e. The monoisotopic (exact) mass is 555 g/mol. The van der Waals surface area contributed by atoms with E-state index in [1.165, 1.54) is 19.3 Å². The van der Waals surface area contributed by atoms with Crippen LogP contribution in [0.25, 0.3) is 0 Å². The Morgan fingerprint density at radius 1 is 1.15 bits per heavy atom. The number of H-pyrrole nitrogens is 1. The second kappa shape index (κ2) is 10.7. The number of hydrogen-bond acceptors (Lipinski definition) is 5. The van der Waals surface area contributed by atoms with Crippen molar-refractivity contribution < 1.29 is 22.8 Å². The molecule has 5 rings (SSSR count). The summed E-state index contributed by atoms with van der Waals surface area (Å²) in [6.07, 6.45) is 0.650. The van der Waals surface area contributed by atoms with Crippen LogP contribution in [0.1, 0.15) is 53.6 Å². The molecule has 0 bridgehead atoms. The van der Waals surface area contributed by atoms with Gasteiger partial charge in [-0.1, -0.05) is 36.4 Å². The molecule has 2 fully saturated rings. The van der Waals surface area contributed by atoms with Crippen LogP contribution in [0.3, 0.4) is 0 Å². The van der Waals surface area contributed by atoms with Crippen LogP contribution in [0.5, 0.6) is 0 Å². The molecule has 2 N–H and O–H groups in total. The first kappa shape index (κ1) is 27.4. The highest BCUT2D eigenvalue weighted by atomic mass is 19.3. The van der Waals surface area contributed by atoms with Crippen molar-refractivity contribution in [1.29, 1.82) is 0 Å². The Morgan fingerprint density at radius 3 is 2.52 bits per heavy atom. The summed E-state index contributed by atoms with van der Waals surface area (Å²) in [6.45, 7) is 0.690. The molecule has 9 nitrogen and oxygen atoms in total. The van der Waals surface area contributed by atoms with Crippen LogP contribution in [-0.2, 0) is 16.1 Å². The van der Waals surface area contributed by atoms with Crippen molar-refractivity contribution in [1.82, 2.24) is 24.8 Å². The number of aryl methyl sites for hydroxylation is 1. The molecule has 2 amide bonds. The van der Waals surface area contributed by atoms with Gasteiger partial charge in [-0.25, -0.2) is 18.0 Å². The minimum atomic E-state index is -2.66. The molecule has 0 spiro atoms. The van der Waals surface area contributed by atoms with Crippen LogP contribution in [0.4, 0.5) is 13.2 Å². The summed E-state index contributed by atoms with van der Waals surface area (Å²) < 4.78 is 42.2. The Bertz CT molecular complexity index is 1520. The first-order valence-electron chi connectivity index (χ1n) is 12.9. The van der Waals surface area contributed by atoms with Gasteiger partial charge in [-0.15, -0.1) is 0 Å². The Labute approximate surface area is 227 Å². The quantitative estimate of drug-likeness (QED) is 0.465. The van der Waals surface area contributed by atoms with E-state index in [0.29, 0.717) is 16.8 Å². The molecule has 0 radical (unpaired) electrons. The molecule has 1 aliphatic heterocycles. The summed E-state index contributed by atoms with van der Waals surface area (Å²) in [5.41, 5.74) is 0.696. The number of aromatic amines is 1. The third kappa shape index (κ3) is 5.70. The number of hydrogen-bond donors (Lipinski definition) is 2. The molecule has 1 aliphatic carbocycles. The number of alkyl halides is 3. The molecule has 1 saturated carbocycles. The number of likely N-dealkylation sites (tertiary alicyclic amines) is 1. The predicted molar refractivity (Wildman–Crippen MR) is 139 cm³/mol. The number of nitrogens with one attached hydrogen (secondary N) is 2. The molecule has 3 heterocycles. The van der Waals surface area contributed by atoms with E-state index in [4.69, 9.17) is 0 Å². The van der Waals surface area contributed by atoms with E-state index in [1.807, 2.05) is 0 Å². The SMILES string of the molecule is Cc1cn(CC(=O)N2CC(F)CC2C(=O)NC(c2ccccc2)c2ccc(C3CC(F)(F)C3)cn2)c(=O)[nH]c1=O. The maximum absolute atomic E-state index is 14.5. The molecule has 2 aromatic heterocycles. The number of carbonyl (C=O) groups excluding carboxylic acids is 2. The number of amides is 2. The zero-order valence-corrected chi connectivity index (χ0v) is 21.6. The minimum absolute atomic E-state index is 0.221. The third-order valence-electron chi connectivity index (χ3n) is 7.45. The van der Waals surface area contributed by atoms with Gasteiger partial charge in [0.15, 0.2) is 0 Å². The van der Waals surface area contributed by atoms with Gasteiger partial charge < -0.3 is 10.2 Å².